The molecule has 2 nitrogen and oxygen atoms in total. The molecule has 0 saturated carbocycles. The molecule has 0 aliphatic heterocycles. The fourth-order valence-electron chi connectivity index (χ4n) is 1.91. The largest absolute Gasteiger partial charge is 0.411 e. The normalized spacial score (nSPS) is 15.9. The van der Waals surface area contributed by atoms with E-state index in [1.165, 1.54) is 0 Å². The molecule has 120 valence electrons. The Hall–Kier alpha value is -0.0631. The lowest BCUT2D eigenvalue weighted by Gasteiger charge is -2.40. The van der Waals surface area contributed by atoms with E-state index >= 15 is 0 Å². The first kappa shape index (κ1) is 19.0. The average molecular weight is 349 g/mol. The number of aliphatic hydroxyl groups is 1. The van der Waals surface area contributed by atoms with Gasteiger partial charge in [-0.3, -0.25) is 0 Å². The molecule has 0 saturated heterocycles. The van der Waals surface area contributed by atoms with Crippen LogP contribution in [0.2, 0.25) is 28.2 Å². The molecule has 1 aromatic carbocycles. The predicted molar refractivity (Wildman–Crippen MR) is 93.8 cm³/mol. The van der Waals surface area contributed by atoms with Gasteiger partial charge in [-0.15, -0.1) is 0 Å². The summed E-state index contributed by atoms with van der Waals surface area (Å²) >= 11 is 12.4. The highest BCUT2D eigenvalue weighted by Gasteiger charge is 2.40. The maximum Gasteiger partial charge on any atom is 0.192 e. The predicted octanol–water partition coefficient (Wildman–Crippen LogP) is 5.83. The first-order valence-electron chi connectivity index (χ1n) is 7.31. The molecule has 0 spiro atoms. The Labute approximate surface area is 139 Å². The van der Waals surface area contributed by atoms with Gasteiger partial charge in [-0.2, -0.15) is 0 Å². The van der Waals surface area contributed by atoms with Crippen LogP contribution in [-0.2, 0) is 4.43 Å². The van der Waals surface area contributed by atoms with Crippen molar-refractivity contribution in [2.75, 3.05) is 0 Å². The molecule has 0 heterocycles. The van der Waals surface area contributed by atoms with Crippen molar-refractivity contribution < 1.29 is 9.53 Å². The van der Waals surface area contributed by atoms with E-state index in [-0.39, 0.29) is 11.1 Å². The van der Waals surface area contributed by atoms with Crippen LogP contribution in [0.25, 0.3) is 0 Å². The molecule has 21 heavy (non-hydrogen) atoms. The topological polar surface area (TPSA) is 29.5 Å². The quantitative estimate of drug-likeness (QED) is 0.678. The summed E-state index contributed by atoms with van der Waals surface area (Å²) in [6, 6.07) is 5.26. The molecule has 1 N–H and O–H groups in total. The van der Waals surface area contributed by atoms with Crippen molar-refractivity contribution in [2.24, 2.45) is 0 Å². The second kappa shape index (κ2) is 7.01. The molecule has 0 bridgehead atoms. The van der Waals surface area contributed by atoms with E-state index < -0.39 is 14.4 Å². The van der Waals surface area contributed by atoms with Crippen molar-refractivity contribution in [3.05, 3.63) is 33.8 Å². The summed E-state index contributed by atoms with van der Waals surface area (Å²) in [5.74, 6) is 0. The molecule has 0 radical (unpaired) electrons. The summed E-state index contributed by atoms with van der Waals surface area (Å²) in [7, 11) is -1.97. The number of aliphatic hydroxyl groups excluding tert-OH is 1. The second-order valence-electron chi connectivity index (χ2n) is 6.91. The Bertz CT molecular complexity index is 463. The van der Waals surface area contributed by atoms with Crippen LogP contribution in [0.3, 0.4) is 0 Å². The Morgan fingerprint density at radius 1 is 1.19 bits per heavy atom. The summed E-state index contributed by atoms with van der Waals surface area (Å²) in [6.07, 6.45) is -0.413. The van der Waals surface area contributed by atoms with Gasteiger partial charge in [-0.25, -0.2) is 0 Å². The Kier molecular flexibility index (Phi) is 6.34. The van der Waals surface area contributed by atoms with E-state index in [9.17, 15) is 5.11 Å². The fourth-order valence-corrected chi connectivity index (χ4v) is 3.93. The highest BCUT2D eigenvalue weighted by atomic mass is 35.5. The highest BCUT2D eigenvalue weighted by Crippen LogP contribution is 2.41. The fraction of sp³-hybridized carbons (Fsp3) is 0.625. The summed E-state index contributed by atoms with van der Waals surface area (Å²) in [5, 5.41) is 11.7. The van der Waals surface area contributed by atoms with Crippen LogP contribution in [0.4, 0.5) is 0 Å². The van der Waals surface area contributed by atoms with Gasteiger partial charge in [0.2, 0.25) is 0 Å². The summed E-state index contributed by atoms with van der Waals surface area (Å²) < 4.78 is 6.35. The van der Waals surface area contributed by atoms with Gasteiger partial charge in [-0.1, -0.05) is 57.0 Å². The summed E-state index contributed by atoms with van der Waals surface area (Å²) in [5.41, 5.74) is 0.561. The van der Waals surface area contributed by atoms with Gasteiger partial charge in [-0.05, 0) is 36.7 Å². The van der Waals surface area contributed by atoms with Gasteiger partial charge in [0.15, 0.2) is 8.32 Å². The zero-order valence-corrected chi connectivity index (χ0v) is 16.2. The Morgan fingerprint density at radius 2 is 1.67 bits per heavy atom. The second-order valence-corrected chi connectivity index (χ2v) is 12.5. The Morgan fingerprint density at radius 3 is 2.05 bits per heavy atom. The molecule has 0 aromatic heterocycles. The molecule has 2 atom stereocenters. The zero-order chi connectivity index (χ0) is 16.4. The van der Waals surface area contributed by atoms with Crippen molar-refractivity contribution in [1.29, 1.82) is 0 Å². The van der Waals surface area contributed by atoms with E-state index in [2.05, 4.69) is 33.9 Å². The van der Waals surface area contributed by atoms with E-state index in [0.29, 0.717) is 22.0 Å². The summed E-state index contributed by atoms with van der Waals surface area (Å²) in [4.78, 5) is 0. The molecule has 1 rings (SSSR count). The van der Waals surface area contributed by atoms with Gasteiger partial charge in [0.1, 0.15) is 6.10 Å². The number of hydrogen-bond donors (Lipinski definition) is 1. The third-order valence-corrected chi connectivity index (χ3v) is 9.47. The molecule has 0 amide bonds. The van der Waals surface area contributed by atoms with Crippen LogP contribution in [0.1, 0.15) is 45.8 Å². The molecule has 5 heteroatoms. The van der Waals surface area contributed by atoms with Crippen LogP contribution in [-0.4, -0.2) is 19.5 Å². The average Bonchev–Trinajstić information content (AvgIpc) is 2.34. The third-order valence-electron chi connectivity index (χ3n) is 4.30. The van der Waals surface area contributed by atoms with E-state index in [0.717, 1.165) is 0 Å². The van der Waals surface area contributed by atoms with Crippen LogP contribution in [0.15, 0.2) is 18.2 Å². The molecular weight excluding hydrogens is 323 g/mol. The lowest BCUT2D eigenvalue weighted by molar-refractivity contribution is 0.0245. The van der Waals surface area contributed by atoms with E-state index in [1.54, 1.807) is 18.2 Å². The van der Waals surface area contributed by atoms with Crippen molar-refractivity contribution in [3.63, 3.8) is 0 Å². The SMILES string of the molecule is CC[C@H](O[Si](C)(C)C(C)(C)C)[C@@H](O)c1c(Cl)cccc1Cl. The van der Waals surface area contributed by atoms with Gasteiger partial charge in [0.05, 0.1) is 6.10 Å². The molecule has 1 aromatic rings. The van der Waals surface area contributed by atoms with E-state index in [1.807, 2.05) is 6.92 Å². The maximum absolute atomic E-state index is 10.7. The highest BCUT2D eigenvalue weighted by molar-refractivity contribution is 6.74. The van der Waals surface area contributed by atoms with Gasteiger partial charge < -0.3 is 9.53 Å². The molecule has 0 aliphatic carbocycles. The molecule has 0 fully saturated rings. The third kappa shape index (κ3) is 4.46. The van der Waals surface area contributed by atoms with Crippen molar-refractivity contribution in [2.45, 2.75) is 64.5 Å². The van der Waals surface area contributed by atoms with Crippen LogP contribution < -0.4 is 0 Å². The lowest BCUT2D eigenvalue weighted by atomic mass is 10.0. The van der Waals surface area contributed by atoms with Crippen molar-refractivity contribution >= 4 is 31.5 Å². The number of benzene rings is 1. The monoisotopic (exact) mass is 348 g/mol. The maximum atomic E-state index is 10.7. The standard InChI is InChI=1S/C16H26Cl2O2Si/c1-7-13(20-21(5,6)16(2,3)4)15(19)14-11(17)9-8-10-12(14)18/h8-10,13,15,19H,7H2,1-6H3/t13-,15+/m0/s1. The van der Waals surface area contributed by atoms with Gasteiger partial charge in [0.25, 0.3) is 0 Å². The van der Waals surface area contributed by atoms with E-state index in [4.69, 9.17) is 27.6 Å². The Balaban J connectivity index is 3.06. The first-order valence-corrected chi connectivity index (χ1v) is 11.0. The zero-order valence-electron chi connectivity index (χ0n) is 13.7. The number of rotatable bonds is 5. The van der Waals surface area contributed by atoms with Crippen LogP contribution >= 0.6 is 23.2 Å². The smallest absolute Gasteiger partial charge is 0.192 e. The number of halogens is 2. The van der Waals surface area contributed by atoms with Crippen molar-refractivity contribution in [1.82, 2.24) is 0 Å². The molecular formula is C16H26Cl2O2Si. The minimum Gasteiger partial charge on any atom is -0.411 e. The first-order chi connectivity index (χ1) is 9.51. The minimum atomic E-state index is -1.97. The van der Waals surface area contributed by atoms with Crippen molar-refractivity contribution in [3.8, 4) is 0 Å². The molecule has 0 unspecified atom stereocenters. The number of hydrogen-bond acceptors (Lipinski definition) is 2. The summed E-state index contributed by atoms with van der Waals surface area (Å²) in [6.45, 7) is 12.9. The van der Waals surface area contributed by atoms with Gasteiger partial charge in [0, 0.05) is 15.6 Å². The van der Waals surface area contributed by atoms with Crippen LogP contribution in [0, 0.1) is 0 Å². The molecule has 0 aliphatic rings. The van der Waals surface area contributed by atoms with Gasteiger partial charge >= 0.3 is 0 Å². The minimum absolute atomic E-state index is 0.0877. The van der Waals surface area contributed by atoms with Crippen LogP contribution in [0.5, 0.6) is 0 Å². The lowest BCUT2D eigenvalue weighted by Crippen LogP contribution is -2.45.